The zero-order valence-electron chi connectivity index (χ0n) is 30.3. The molecule has 1 spiro atoms. The average molecular weight is 680 g/mol. The molecule has 10 heteroatoms. The molecule has 3 saturated heterocycles. The van der Waals surface area contributed by atoms with Crippen LogP contribution in [0.15, 0.2) is 55.6 Å². The Balaban J connectivity index is 1.74. The summed E-state index contributed by atoms with van der Waals surface area (Å²) in [5.41, 5.74) is -0.510. The van der Waals surface area contributed by atoms with E-state index in [4.69, 9.17) is 9.47 Å². The number of carbonyl (C=O) groups is 4. The molecule has 0 aromatic heterocycles. The number of aliphatic hydroxyl groups excluding tert-OH is 1. The Hall–Kier alpha value is -3.50. The maximum atomic E-state index is 14.7. The van der Waals surface area contributed by atoms with E-state index in [9.17, 15) is 24.3 Å². The van der Waals surface area contributed by atoms with E-state index in [2.05, 4.69) is 20.1 Å². The van der Waals surface area contributed by atoms with E-state index in [1.807, 2.05) is 58.0 Å². The number of hydrogen-bond acceptors (Lipinski definition) is 7. The molecule has 3 aliphatic rings. The van der Waals surface area contributed by atoms with Crippen LogP contribution in [0.3, 0.4) is 0 Å². The van der Waals surface area contributed by atoms with Crippen LogP contribution in [-0.4, -0.2) is 99.6 Å². The number of rotatable bonds is 18. The highest BCUT2D eigenvalue weighted by Crippen LogP contribution is 2.59. The molecular formula is C39H57N3O7. The van der Waals surface area contributed by atoms with Crippen LogP contribution < -0.4 is 0 Å². The lowest BCUT2D eigenvalue weighted by atomic mass is 9.70. The molecular weight excluding hydrogens is 622 g/mol. The lowest BCUT2D eigenvalue weighted by Gasteiger charge is -2.41. The Morgan fingerprint density at radius 1 is 1.14 bits per heavy atom. The SMILES string of the molecule is C=CCCC(=O)N(C)[C@H](C)[C@H](OC(=O)[C@@H]1[C@@H]2CC[C@]3(O2)[C@H](C(=O)N(CC=C)C(C)CCC)N([C@@H](CO)CC(C)C)C(=O)[C@@H]13)c1ccccc1. The number of fused-ring (bicyclic) bond motifs is 1. The Bertz CT molecular complexity index is 1350. The van der Waals surface area contributed by atoms with Crippen LogP contribution in [0.5, 0.6) is 0 Å². The van der Waals surface area contributed by atoms with Gasteiger partial charge in [-0.05, 0) is 57.4 Å². The van der Waals surface area contributed by atoms with Gasteiger partial charge in [-0.25, -0.2) is 0 Å². The van der Waals surface area contributed by atoms with Gasteiger partial charge < -0.3 is 29.3 Å². The molecule has 3 fully saturated rings. The molecule has 3 heterocycles. The van der Waals surface area contributed by atoms with E-state index in [0.717, 1.165) is 18.4 Å². The van der Waals surface area contributed by atoms with Crippen molar-refractivity contribution >= 4 is 23.7 Å². The maximum Gasteiger partial charge on any atom is 0.313 e. The number of likely N-dealkylation sites (N-methyl/N-ethyl adjacent to an activating group) is 1. The van der Waals surface area contributed by atoms with Crippen LogP contribution in [-0.2, 0) is 28.7 Å². The van der Waals surface area contributed by atoms with Gasteiger partial charge in [-0.15, -0.1) is 13.2 Å². The lowest BCUT2D eigenvalue weighted by Crippen LogP contribution is -2.60. The number of allylic oxidation sites excluding steroid dienone is 1. The van der Waals surface area contributed by atoms with Crippen molar-refractivity contribution in [1.29, 1.82) is 0 Å². The van der Waals surface area contributed by atoms with Gasteiger partial charge in [-0.1, -0.05) is 69.7 Å². The predicted molar refractivity (Wildman–Crippen MR) is 188 cm³/mol. The number of aliphatic hydroxyl groups is 1. The van der Waals surface area contributed by atoms with Gasteiger partial charge in [0.05, 0.1) is 36.6 Å². The molecule has 1 aromatic carbocycles. The molecule has 270 valence electrons. The summed E-state index contributed by atoms with van der Waals surface area (Å²) in [6, 6.07) is 7.04. The summed E-state index contributed by atoms with van der Waals surface area (Å²) < 4.78 is 13.0. The smallest absolute Gasteiger partial charge is 0.313 e. The molecule has 0 saturated carbocycles. The van der Waals surface area contributed by atoms with Gasteiger partial charge in [-0.3, -0.25) is 19.2 Å². The summed E-state index contributed by atoms with van der Waals surface area (Å²) in [7, 11) is 1.70. The standard InChI is InChI=1S/C39H57N3O7/c1-9-12-19-31(44)40(8)27(7)34(28-17-14-13-15-18-28)48-38(47)32-30-20-21-39(49-30)33(32)36(45)42(29(24-43)23-25(4)5)35(39)37(46)41(22-11-3)26(6)16-10-2/h9,11,13-15,17-18,25-27,29-30,32-35,43H,1,3,10,12,16,19-24H2,2,4-8H3/t26?,27-,29-,30+,32-,33-,34+,35+,39-/m1/s1. The molecule has 1 unspecified atom stereocenters. The number of amides is 3. The van der Waals surface area contributed by atoms with Crippen molar-refractivity contribution < 1.29 is 33.8 Å². The third-order valence-corrected chi connectivity index (χ3v) is 10.8. The van der Waals surface area contributed by atoms with Crippen molar-refractivity contribution in [2.75, 3.05) is 20.2 Å². The van der Waals surface area contributed by atoms with Crippen LogP contribution in [0.1, 0.15) is 91.2 Å². The van der Waals surface area contributed by atoms with Crippen molar-refractivity contribution in [2.24, 2.45) is 17.8 Å². The quantitative estimate of drug-likeness (QED) is 0.170. The van der Waals surface area contributed by atoms with Crippen LogP contribution in [0.25, 0.3) is 0 Å². The van der Waals surface area contributed by atoms with Crippen molar-refractivity contribution in [3.05, 3.63) is 61.2 Å². The van der Waals surface area contributed by atoms with E-state index in [-0.39, 0.29) is 42.7 Å². The highest BCUT2D eigenvalue weighted by molar-refractivity contribution is 5.98. The first kappa shape index (κ1) is 38.3. The lowest BCUT2D eigenvalue weighted by molar-refractivity contribution is -0.165. The van der Waals surface area contributed by atoms with Crippen molar-refractivity contribution in [3.8, 4) is 0 Å². The van der Waals surface area contributed by atoms with Gasteiger partial charge in [0.25, 0.3) is 0 Å². The Morgan fingerprint density at radius 2 is 1.84 bits per heavy atom. The fourth-order valence-corrected chi connectivity index (χ4v) is 8.33. The van der Waals surface area contributed by atoms with Crippen molar-refractivity contribution in [3.63, 3.8) is 0 Å². The number of nitrogens with zero attached hydrogens (tertiary/aromatic N) is 3. The zero-order valence-corrected chi connectivity index (χ0v) is 30.3. The van der Waals surface area contributed by atoms with Crippen molar-refractivity contribution in [1.82, 2.24) is 14.7 Å². The third-order valence-electron chi connectivity index (χ3n) is 10.8. The topological polar surface area (TPSA) is 117 Å². The first-order valence-electron chi connectivity index (χ1n) is 18.0. The van der Waals surface area contributed by atoms with Gasteiger partial charge in [0.15, 0.2) is 0 Å². The fraction of sp³-hybridized carbons (Fsp3) is 0.641. The molecule has 3 aliphatic heterocycles. The van der Waals surface area contributed by atoms with Crippen LogP contribution in [0.2, 0.25) is 0 Å². The van der Waals surface area contributed by atoms with Gasteiger partial charge >= 0.3 is 5.97 Å². The molecule has 1 aromatic rings. The summed E-state index contributed by atoms with van der Waals surface area (Å²) in [6.07, 6.45) is 5.85. The Labute approximate surface area is 292 Å². The average Bonchev–Trinajstić information content (AvgIpc) is 3.74. The molecule has 10 nitrogen and oxygen atoms in total. The van der Waals surface area contributed by atoms with Gasteiger partial charge in [0, 0.05) is 26.1 Å². The third kappa shape index (κ3) is 7.50. The zero-order chi connectivity index (χ0) is 36.0. The van der Waals surface area contributed by atoms with E-state index >= 15 is 0 Å². The summed E-state index contributed by atoms with van der Waals surface area (Å²) in [6.45, 7) is 17.5. The molecule has 4 rings (SSSR count). The monoisotopic (exact) mass is 679 g/mol. The molecule has 1 N–H and O–H groups in total. The summed E-state index contributed by atoms with van der Waals surface area (Å²) in [5.74, 6) is -3.04. The van der Waals surface area contributed by atoms with Crippen LogP contribution in [0.4, 0.5) is 0 Å². The van der Waals surface area contributed by atoms with Gasteiger partial charge in [0.1, 0.15) is 17.7 Å². The number of likely N-dealkylation sites (tertiary alicyclic amines) is 1. The minimum Gasteiger partial charge on any atom is -0.455 e. The highest BCUT2D eigenvalue weighted by atomic mass is 16.6. The van der Waals surface area contributed by atoms with E-state index in [0.29, 0.717) is 32.2 Å². The largest absolute Gasteiger partial charge is 0.455 e. The van der Waals surface area contributed by atoms with E-state index in [1.165, 1.54) is 0 Å². The summed E-state index contributed by atoms with van der Waals surface area (Å²) >= 11 is 0. The molecule has 2 bridgehead atoms. The predicted octanol–water partition coefficient (Wildman–Crippen LogP) is 5.07. The van der Waals surface area contributed by atoms with E-state index in [1.54, 1.807) is 33.9 Å². The molecule has 49 heavy (non-hydrogen) atoms. The number of ether oxygens (including phenoxy) is 2. The molecule has 9 atom stereocenters. The Kier molecular flexibility index (Phi) is 12.9. The minimum atomic E-state index is -1.23. The number of hydrogen-bond donors (Lipinski definition) is 1. The molecule has 3 amide bonds. The minimum absolute atomic E-state index is 0.101. The highest BCUT2D eigenvalue weighted by Gasteiger charge is 2.75. The molecule has 0 radical (unpaired) electrons. The first-order chi connectivity index (χ1) is 23.4. The first-order valence-corrected chi connectivity index (χ1v) is 18.0. The van der Waals surface area contributed by atoms with Crippen LogP contribution >= 0.6 is 0 Å². The summed E-state index contributed by atoms with van der Waals surface area (Å²) in [5, 5.41) is 10.6. The van der Waals surface area contributed by atoms with E-state index < -0.39 is 53.7 Å². The second kappa shape index (κ2) is 16.5. The van der Waals surface area contributed by atoms with Crippen LogP contribution in [0, 0.1) is 17.8 Å². The number of esters is 1. The van der Waals surface area contributed by atoms with Gasteiger partial charge in [-0.2, -0.15) is 0 Å². The van der Waals surface area contributed by atoms with Gasteiger partial charge in [0.2, 0.25) is 17.7 Å². The maximum absolute atomic E-state index is 14.7. The number of carbonyl (C=O) groups excluding carboxylic acids is 4. The molecule has 0 aliphatic carbocycles. The van der Waals surface area contributed by atoms with Crippen molar-refractivity contribution in [2.45, 2.75) is 122 Å². The number of benzene rings is 1. The summed E-state index contributed by atoms with van der Waals surface area (Å²) in [4.78, 5) is 61.8. The normalized spacial score (nSPS) is 26.5. The fourth-order valence-electron chi connectivity index (χ4n) is 8.33. The Morgan fingerprint density at radius 3 is 2.43 bits per heavy atom. The second-order valence-corrected chi connectivity index (χ2v) is 14.5. The second-order valence-electron chi connectivity index (χ2n) is 14.5.